The molecule has 0 aliphatic carbocycles. The Balaban J connectivity index is 1.97. The maximum absolute atomic E-state index is 12.7. The van der Waals surface area contributed by atoms with Crippen LogP contribution in [0.4, 0.5) is 15.2 Å². The van der Waals surface area contributed by atoms with Crippen LogP contribution in [-0.4, -0.2) is 16.1 Å². The molecule has 18 heavy (non-hydrogen) atoms. The standard InChI is InChI=1S/C12H11FN2O2S/c13-8-1-3-9(4-2-8)14-12-15-10(7-18-12)5-6-11(16)17/h1-4,7H,5-6H2,(H,14,15)(H,16,17). The van der Waals surface area contributed by atoms with Crippen LogP contribution in [0.15, 0.2) is 29.6 Å². The molecular weight excluding hydrogens is 255 g/mol. The van der Waals surface area contributed by atoms with Gasteiger partial charge in [-0.1, -0.05) is 0 Å². The molecule has 0 aliphatic heterocycles. The van der Waals surface area contributed by atoms with Gasteiger partial charge in [-0.15, -0.1) is 11.3 Å². The lowest BCUT2D eigenvalue weighted by Gasteiger charge is -2.01. The number of carboxylic acids is 1. The second-order valence-corrected chi connectivity index (χ2v) is 4.53. The van der Waals surface area contributed by atoms with Crippen LogP contribution in [0.25, 0.3) is 0 Å². The Morgan fingerprint density at radius 1 is 1.39 bits per heavy atom. The number of carbonyl (C=O) groups is 1. The van der Waals surface area contributed by atoms with Crippen LogP contribution >= 0.6 is 11.3 Å². The summed E-state index contributed by atoms with van der Waals surface area (Å²) in [5.74, 6) is -1.13. The molecule has 1 heterocycles. The minimum absolute atomic E-state index is 0.0692. The van der Waals surface area contributed by atoms with Crippen LogP contribution in [0.5, 0.6) is 0 Å². The van der Waals surface area contributed by atoms with Gasteiger partial charge in [-0.3, -0.25) is 4.79 Å². The van der Waals surface area contributed by atoms with Crippen LogP contribution < -0.4 is 5.32 Å². The van der Waals surface area contributed by atoms with Crippen LogP contribution in [0.3, 0.4) is 0 Å². The summed E-state index contributed by atoms with van der Waals surface area (Å²) in [5, 5.41) is 14.1. The zero-order chi connectivity index (χ0) is 13.0. The molecule has 0 saturated heterocycles. The van der Waals surface area contributed by atoms with Crippen molar-refractivity contribution in [2.45, 2.75) is 12.8 Å². The number of anilines is 2. The Morgan fingerprint density at radius 2 is 2.11 bits per heavy atom. The summed E-state index contributed by atoms with van der Waals surface area (Å²) in [5.41, 5.74) is 1.49. The lowest BCUT2D eigenvalue weighted by Crippen LogP contribution is -1.98. The van der Waals surface area contributed by atoms with Gasteiger partial charge in [0.2, 0.25) is 0 Å². The second kappa shape index (κ2) is 5.59. The number of halogens is 1. The van der Waals surface area contributed by atoms with E-state index in [1.807, 2.05) is 5.38 Å². The number of aliphatic carboxylic acids is 1. The number of nitrogens with zero attached hydrogens (tertiary/aromatic N) is 1. The fourth-order valence-electron chi connectivity index (χ4n) is 1.37. The SMILES string of the molecule is O=C(O)CCc1csc(Nc2ccc(F)cc2)n1. The van der Waals surface area contributed by atoms with Crippen molar-refractivity contribution >= 4 is 28.1 Å². The fourth-order valence-corrected chi connectivity index (χ4v) is 2.14. The van der Waals surface area contributed by atoms with E-state index in [-0.39, 0.29) is 12.2 Å². The Hall–Kier alpha value is -1.95. The highest BCUT2D eigenvalue weighted by Gasteiger charge is 2.05. The molecule has 0 spiro atoms. The summed E-state index contributed by atoms with van der Waals surface area (Å²) in [6, 6.07) is 5.96. The number of carboxylic acid groups (broad SMARTS) is 1. The van der Waals surface area contributed by atoms with E-state index in [0.717, 1.165) is 11.4 Å². The number of benzene rings is 1. The smallest absolute Gasteiger partial charge is 0.303 e. The van der Waals surface area contributed by atoms with E-state index in [9.17, 15) is 9.18 Å². The fraction of sp³-hybridized carbons (Fsp3) is 0.167. The van der Waals surface area contributed by atoms with Crippen molar-refractivity contribution in [3.05, 3.63) is 41.2 Å². The minimum Gasteiger partial charge on any atom is -0.481 e. The molecule has 1 aromatic heterocycles. The third-order valence-corrected chi connectivity index (χ3v) is 3.05. The first kappa shape index (κ1) is 12.5. The normalized spacial score (nSPS) is 10.3. The number of thiazole rings is 1. The number of aromatic nitrogens is 1. The Bertz CT molecular complexity index is 539. The van der Waals surface area contributed by atoms with E-state index >= 15 is 0 Å². The molecule has 4 nitrogen and oxygen atoms in total. The molecule has 0 fully saturated rings. The van der Waals surface area contributed by atoms with Gasteiger partial charge in [-0.05, 0) is 24.3 Å². The third-order valence-electron chi connectivity index (χ3n) is 2.24. The monoisotopic (exact) mass is 266 g/mol. The predicted octanol–water partition coefficient (Wildman–Crippen LogP) is 3.04. The third kappa shape index (κ3) is 3.53. The summed E-state index contributed by atoms with van der Waals surface area (Å²) in [4.78, 5) is 14.7. The van der Waals surface area contributed by atoms with Gasteiger partial charge in [-0.25, -0.2) is 9.37 Å². The van der Waals surface area contributed by atoms with Gasteiger partial charge in [0.25, 0.3) is 0 Å². The topological polar surface area (TPSA) is 62.2 Å². The van der Waals surface area contributed by atoms with Crippen LogP contribution in [0.2, 0.25) is 0 Å². The average Bonchev–Trinajstić information content (AvgIpc) is 2.77. The molecule has 0 aliphatic rings. The molecule has 2 N–H and O–H groups in total. The van der Waals surface area contributed by atoms with Crippen molar-refractivity contribution in [2.75, 3.05) is 5.32 Å². The maximum Gasteiger partial charge on any atom is 0.303 e. The maximum atomic E-state index is 12.7. The van der Waals surface area contributed by atoms with Crippen molar-refractivity contribution in [1.82, 2.24) is 4.98 Å². The van der Waals surface area contributed by atoms with Crippen LogP contribution in [0, 0.1) is 5.82 Å². The first-order valence-corrected chi connectivity index (χ1v) is 6.20. The van der Waals surface area contributed by atoms with E-state index in [4.69, 9.17) is 5.11 Å². The molecule has 0 atom stereocenters. The van der Waals surface area contributed by atoms with Crippen molar-refractivity contribution in [3.63, 3.8) is 0 Å². The van der Waals surface area contributed by atoms with Crippen LogP contribution in [0.1, 0.15) is 12.1 Å². The number of hydrogen-bond acceptors (Lipinski definition) is 4. The Kier molecular flexibility index (Phi) is 3.88. The summed E-state index contributed by atoms with van der Waals surface area (Å²) in [6.07, 6.45) is 0.483. The van der Waals surface area contributed by atoms with Gasteiger partial charge >= 0.3 is 5.97 Å². The van der Waals surface area contributed by atoms with E-state index < -0.39 is 5.97 Å². The summed E-state index contributed by atoms with van der Waals surface area (Å²) >= 11 is 1.39. The lowest BCUT2D eigenvalue weighted by atomic mass is 10.2. The molecule has 0 radical (unpaired) electrons. The van der Waals surface area contributed by atoms with Crippen molar-refractivity contribution < 1.29 is 14.3 Å². The first-order chi connectivity index (χ1) is 8.63. The quantitative estimate of drug-likeness (QED) is 0.873. The zero-order valence-corrected chi connectivity index (χ0v) is 10.2. The van der Waals surface area contributed by atoms with E-state index in [2.05, 4.69) is 10.3 Å². The highest BCUT2D eigenvalue weighted by atomic mass is 32.1. The lowest BCUT2D eigenvalue weighted by molar-refractivity contribution is -0.136. The van der Waals surface area contributed by atoms with Crippen LogP contribution in [-0.2, 0) is 11.2 Å². The summed E-state index contributed by atoms with van der Waals surface area (Å²) in [6.45, 7) is 0. The minimum atomic E-state index is -0.837. The molecular formula is C12H11FN2O2S. The van der Waals surface area contributed by atoms with Crippen molar-refractivity contribution in [2.24, 2.45) is 0 Å². The molecule has 0 saturated carbocycles. The van der Waals surface area contributed by atoms with Gasteiger partial charge < -0.3 is 10.4 Å². The van der Waals surface area contributed by atoms with E-state index in [0.29, 0.717) is 11.6 Å². The van der Waals surface area contributed by atoms with E-state index in [1.165, 1.54) is 23.5 Å². The molecule has 0 unspecified atom stereocenters. The largest absolute Gasteiger partial charge is 0.481 e. The summed E-state index contributed by atoms with van der Waals surface area (Å²) in [7, 11) is 0. The Labute approximate surface area is 107 Å². The second-order valence-electron chi connectivity index (χ2n) is 3.67. The van der Waals surface area contributed by atoms with Gasteiger partial charge in [-0.2, -0.15) is 0 Å². The molecule has 1 aromatic carbocycles. The Morgan fingerprint density at radius 3 is 2.78 bits per heavy atom. The number of hydrogen-bond donors (Lipinski definition) is 2. The number of nitrogens with one attached hydrogen (secondary N) is 1. The molecule has 0 amide bonds. The first-order valence-electron chi connectivity index (χ1n) is 5.32. The number of rotatable bonds is 5. The van der Waals surface area contributed by atoms with Crippen molar-refractivity contribution in [3.8, 4) is 0 Å². The molecule has 2 rings (SSSR count). The predicted molar refractivity (Wildman–Crippen MR) is 67.8 cm³/mol. The van der Waals surface area contributed by atoms with Gasteiger partial charge in [0.15, 0.2) is 5.13 Å². The highest BCUT2D eigenvalue weighted by molar-refractivity contribution is 7.13. The molecule has 0 bridgehead atoms. The molecule has 6 heteroatoms. The van der Waals surface area contributed by atoms with Gasteiger partial charge in [0.05, 0.1) is 12.1 Å². The average molecular weight is 266 g/mol. The van der Waals surface area contributed by atoms with Crippen molar-refractivity contribution in [1.29, 1.82) is 0 Å². The highest BCUT2D eigenvalue weighted by Crippen LogP contribution is 2.21. The molecule has 94 valence electrons. The molecule has 2 aromatic rings. The van der Waals surface area contributed by atoms with E-state index in [1.54, 1.807) is 12.1 Å². The summed E-state index contributed by atoms with van der Waals surface area (Å²) < 4.78 is 12.7. The van der Waals surface area contributed by atoms with Gasteiger partial charge in [0.1, 0.15) is 5.82 Å². The zero-order valence-electron chi connectivity index (χ0n) is 9.39. The van der Waals surface area contributed by atoms with Gasteiger partial charge in [0, 0.05) is 17.5 Å². The number of aryl methyl sites for hydroxylation is 1.